The molecule has 0 spiro atoms. The molecule has 0 aromatic heterocycles. The van der Waals surface area contributed by atoms with Crippen molar-refractivity contribution in [3.63, 3.8) is 0 Å². The average Bonchev–Trinajstić information content (AvgIpc) is 3.29. The van der Waals surface area contributed by atoms with Gasteiger partial charge in [0.2, 0.25) is 5.91 Å². The van der Waals surface area contributed by atoms with Crippen molar-refractivity contribution in [1.29, 1.82) is 0 Å². The van der Waals surface area contributed by atoms with E-state index >= 15 is 0 Å². The highest BCUT2D eigenvalue weighted by atomic mass is 32.2. The number of aryl methyl sites for hydroxylation is 1. The smallest absolute Gasteiger partial charge is 0.257 e. The summed E-state index contributed by atoms with van der Waals surface area (Å²) in [4.78, 5) is 26.2. The van der Waals surface area contributed by atoms with E-state index in [1.165, 1.54) is 0 Å². The van der Waals surface area contributed by atoms with Gasteiger partial charge in [0.25, 0.3) is 5.91 Å². The Bertz CT molecular complexity index is 619. The van der Waals surface area contributed by atoms with E-state index in [0.717, 1.165) is 36.7 Å². The first-order valence-corrected chi connectivity index (χ1v) is 9.83. The van der Waals surface area contributed by atoms with Crippen LogP contribution in [0.15, 0.2) is 24.3 Å². The standard InChI is InChI=1S/C18H25N3O3S/c1-13-3-2-4-15(7-13)24-11-17(22)20-10-14-8-16(19-9-14)18(23)21-5-6-25-12-21/h2-4,7,14,16,19H,5-6,8-12H2,1H3,(H,20,22). The molecule has 25 heavy (non-hydrogen) atoms. The van der Waals surface area contributed by atoms with Gasteiger partial charge in [-0.25, -0.2) is 0 Å². The molecule has 0 aliphatic carbocycles. The maximum Gasteiger partial charge on any atom is 0.257 e. The lowest BCUT2D eigenvalue weighted by Gasteiger charge is -2.19. The van der Waals surface area contributed by atoms with Gasteiger partial charge in [-0.15, -0.1) is 11.8 Å². The van der Waals surface area contributed by atoms with E-state index in [1.807, 2.05) is 36.1 Å². The molecule has 2 fully saturated rings. The Kier molecular flexibility index (Phi) is 6.20. The van der Waals surface area contributed by atoms with Crippen molar-refractivity contribution in [2.45, 2.75) is 19.4 Å². The van der Waals surface area contributed by atoms with Crippen LogP contribution in [0.4, 0.5) is 0 Å². The van der Waals surface area contributed by atoms with Crippen LogP contribution in [0.3, 0.4) is 0 Å². The van der Waals surface area contributed by atoms with Crippen molar-refractivity contribution in [3.05, 3.63) is 29.8 Å². The van der Waals surface area contributed by atoms with Crippen LogP contribution in [0.1, 0.15) is 12.0 Å². The number of thioether (sulfide) groups is 1. The van der Waals surface area contributed by atoms with Crippen LogP contribution in [0.25, 0.3) is 0 Å². The number of nitrogens with zero attached hydrogens (tertiary/aromatic N) is 1. The van der Waals surface area contributed by atoms with Gasteiger partial charge in [-0.3, -0.25) is 9.59 Å². The van der Waals surface area contributed by atoms with Crippen LogP contribution in [0.2, 0.25) is 0 Å². The Morgan fingerprint density at radius 1 is 1.44 bits per heavy atom. The maximum absolute atomic E-state index is 12.4. The van der Waals surface area contributed by atoms with E-state index in [-0.39, 0.29) is 30.4 Å². The molecule has 1 aromatic carbocycles. The Morgan fingerprint density at radius 2 is 2.32 bits per heavy atom. The molecule has 1 aromatic rings. The monoisotopic (exact) mass is 363 g/mol. The minimum absolute atomic E-state index is 0.0109. The fourth-order valence-corrected chi connectivity index (χ4v) is 4.08. The minimum atomic E-state index is -0.132. The van der Waals surface area contributed by atoms with Gasteiger partial charge in [0.15, 0.2) is 6.61 Å². The summed E-state index contributed by atoms with van der Waals surface area (Å²) in [5, 5.41) is 6.19. The molecule has 0 radical (unpaired) electrons. The van der Waals surface area contributed by atoms with Crippen molar-refractivity contribution in [3.8, 4) is 5.75 Å². The third kappa shape index (κ3) is 5.12. The van der Waals surface area contributed by atoms with E-state index in [1.54, 1.807) is 11.8 Å². The van der Waals surface area contributed by atoms with Crippen molar-refractivity contribution < 1.29 is 14.3 Å². The zero-order chi connectivity index (χ0) is 17.6. The molecule has 2 heterocycles. The van der Waals surface area contributed by atoms with Gasteiger partial charge in [-0.05, 0) is 37.0 Å². The number of rotatable bonds is 6. The summed E-state index contributed by atoms with van der Waals surface area (Å²) in [7, 11) is 0. The van der Waals surface area contributed by atoms with E-state index in [4.69, 9.17) is 4.74 Å². The first kappa shape index (κ1) is 18.1. The Labute approximate surface area is 152 Å². The molecular formula is C18H25N3O3S. The van der Waals surface area contributed by atoms with Crippen LogP contribution in [0, 0.1) is 12.8 Å². The number of benzene rings is 1. The van der Waals surface area contributed by atoms with Gasteiger partial charge in [-0.1, -0.05) is 12.1 Å². The van der Waals surface area contributed by atoms with Crippen LogP contribution in [-0.4, -0.2) is 60.6 Å². The summed E-state index contributed by atoms with van der Waals surface area (Å²) >= 11 is 1.80. The predicted molar refractivity (Wildman–Crippen MR) is 98.6 cm³/mol. The molecule has 2 N–H and O–H groups in total. The van der Waals surface area contributed by atoms with Gasteiger partial charge in [0.05, 0.1) is 11.9 Å². The second-order valence-corrected chi connectivity index (χ2v) is 7.69. The van der Waals surface area contributed by atoms with Gasteiger partial charge < -0.3 is 20.3 Å². The topological polar surface area (TPSA) is 70.7 Å². The lowest BCUT2D eigenvalue weighted by Crippen LogP contribution is -2.42. The molecule has 7 heteroatoms. The largest absolute Gasteiger partial charge is 0.484 e. The number of hydrogen-bond donors (Lipinski definition) is 2. The third-order valence-electron chi connectivity index (χ3n) is 4.53. The second-order valence-electron chi connectivity index (χ2n) is 6.61. The number of carbonyl (C=O) groups excluding carboxylic acids is 2. The summed E-state index contributed by atoms with van der Waals surface area (Å²) in [5.74, 6) is 2.88. The van der Waals surface area contributed by atoms with Gasteiger partial charge in [0, 0.05) is 25.4 Å². The molecule has 136 valence electrons. The Morgan fingerprint density at radius 3 is 3.08 bits per heavy atom. The van der Waals surface area contributed by atoms with E-state index in [2.05, 4.69) is 10.6 Å². The van der Waals surface area contributed by atoms with Crippen molar-refractivity contribution in [1.82, 2.24) is 15.5 Å². The summed E-state index contributed by atoms with van der Waals surface area (Å²) in [6.45, 7) is 4.17. The molecule has 2 amide bonds. The minimum Gasteiger partial charge on any atom is -0.484 e. The molecule has 3 rings (SSSR count). The fourth-order valence-electron chi connectivity index (χ4n) is 3.12. The molecule has 2 aliphatic heterocycles. The number of carbonyl (C=O) groups is 2. The van der Waals surface area contributed by atoms with E-state index < -0.39 is 0 Å². The Balaban J connectivity index is 1.36. The first-order chi connectivity index (χ1) is 12.1. The zero-order valence-corrected chi connectivity index (χ0v) is 15.3. The molecular weight excluding hydrogens is 338 g/mol. The van der Waals surface area contributed by atoms with Crippen LogP contribution in [-0.2, 0) is 9.59 Å². The third-order valence-corrected chi connectivity index (χ3v) is 5.50. The normalized spacial score (nSPS) is 22.8. The average molecular weight is 363 g/mol. The SMILES string of the molecule is Cc1cccc(OCC(=O)NCC2CNC(C(=O)N3CCSC3)C2)c1. The molecule has 2 aliphatic rings. The predicted octanol–water partition coefficient (Wildman–Crippen LogP) is 1.00. The number of hydrogen-bond acceptors (Lipinski definition) is 5. The first-order valence-electron chi connectivity index (χ1n) is 8.68. The molecule has 0 bridgehead atoms. The molecule has 2 saturated heterocycles. The van der Waals surface area contributed by atoms with Crippen molar-refractivity contribution >= 4 is 23.6 Å². The lowest BCUT2D eigenvalue weighted by molar-refractivity contribution is -0.131. The quantitative estimate of drug-likeness (QED) is 0.789. The molecule has 2 unspecified atom stereocenters. The zero-order valence-electron chi connectivity index (χ0n) is 14.5. The summed E-state index contributed by atoms with van der Waals surface area (Å²) in [5.41, 5.74) is 1.10. The number of amides is 2. The van der Waals surface area contributed by atoms with Gasteiger partial charge in [-0.2, -0.15) is 0 Å². The van der Waals surface area contributed by atoms with Crippen LogP contribution < -0.4 is 15.4 Å². The molecule has 2 atom stereocenters. The molecule has 0 saturated carbocycles. The highest BCUT2D eigenvalue weighted by Gasteiger charge is 2.33. The number of ether oxygens (including phenoxy) is 1. The number of nitrogens with one attached hydrogen (secondary N) is 2. The van der Waals surface area contributed by atoms with Crippen molar-refractivity contribution in [2.75, 3.05) is 37.9 Å². The summed E-state index contributed by atoms with van der Waals surface area (Å²) in [6, 6.07) is 7.53. The van der Waals surface area contributed by atoms with Crippen LogP contribution >= 0.6 is 11.8 Å². The Hall–Kier alpha value is -1.73. The molecule has 6 nitrogen and oxygen atoms in total. The van der Waals surface area contributed by atoms with E-state index in [0.29, 0.717) is 12.3 Å². The summed E-state index contributed by atoms with van der Waals surface area (Å²) < 4.78 is 5.50. The van der Waals surface area contributed by atoms with Gasteiger partial charge in [0.1, 0.15) is 5.75 Å². The van der Waals surface area contributed by atoms with Crippen molar-refractivity contribution in [2.24, 2.45) is 5.92 Å². The van der Waals surface area contributed by atoms with Gasteiger partial charge >= 0.3 is 0 Å². The highest BCUT2D eigenvalue weighted by Crippen LogP contribution is 2.20. The second kappa shape index (κ2) is 8.58. The summed E-state index contributed by atoms with van der Waals surface area (Å²) in [6.07, 6.45) is 0.777. The fraction of sp³-hybridized carbons (Fsp3) is 0.556. The van der Waals surface area contributed by atoms with E-state index in [9.17, 15) is 9.59 Å². The lowest BCUT2D eigenvalue weighted by atomic mass is 10.1. The van der Waals surface area contributed by atoms with Crippen LogP contribution in [0.5, 0.6) is 5.75 Å². The highest BCUT2D eigenvalue weighted by molar-refractivity contribution is 7.99. The maximum atomic E-state index is 12.4.